The van der Waals surface area contributed by atoms with E-state index in [-0.39, 0.29) is 11.9 Å². The minimum Gasteiger partial charge on any atom is -0.496 e. The van der Waals surface area contributed by atoms with Crippen LogP contribution in [0.25, 0.3) is 11.0 Å². The van der Waals surface area contributed by atoms with Crippen molar-refractivity contribution in [2.75, 3.05) is 32.6 Å². The van der Waals surface area contributed by atoms with Crippen molar-refractivity contribution in [3.8, 4) is 11.5 Å². The Morgan fingerprint density at radius 2 is 1.93 bits per heavy atom. The first-order valence-corrected chi connectivity index (χ1v) is 9.66. The summed E-state index contributed by atoms with van der Waals surface area (Å²) >= 11 is 6.05. The molecular formula is C21H21ClN4O3. The summed E-state index contributed by atoms with van der Waals surface area (Å²) in [6.45, 7) is 1.18. The van der Waals surface area contributed by atoms with Crippen LogP contribution in [0.15, 0.2) is 42.6 Å². The van der Waals surface area contributed by atoms with Crippen LogP contribution in [0.1, 0.15) is 16.8 Å². The number of likely N-dealkylation sites (tertiary alicyclic amines) is 1. The molecule has 0 bridgehead atoms. The fourth-order valence-electron chi connectivity index (χ4n) is 3.55. The number of rotatable bonds is 5. The number of hydrogen-bond acceptors (Lipinski definition) is 6. The second-order valence-electron chi connectivity index (χ2n) is 6.81. The van der Waals surface area contributed by atoms with Crippen LogP contribution in [0.3, 0.4) is 0 Å². The molecule has 1 aliphatic rings. The standard InChI is InChI=1S/C21H21ClN4O3/c1-28-17-4-3-5-18(29-2)20(17)21(27)26-9-8-14(12-26)24-19-11-23-15-7-6-13(22)10-16(15)25-19/h3-7,10-11,14H,8-9,12H2,1-2H3,(H,24,25)/t14-/m1/s1. The van der Waals surface area contributed by atoms with Gasteiger partial charge < -0.3 is 19.7 Å². The molecule has 3 aromatic rings. The molecule has 2 aromatic carbocycles. The van der Waals surface area contributed by atoms with Gasteiger partial charge in [-0.3, -0.25) is 9.78 Å². The number of nitrogens with zero attached hydrogens (tertiary/aromatic N) is 3. The number of carbonyl (C=O) groups is 1. The van der Waals surface area contributed by atoms with Crippen LogP contribution in [0.4, 0.5) is 5.82 Å². The molecule has 1 fully saturated rings. The summed E-state index contributed by atoms with van der Waals surface area (Å²) in [5.41, 5.74) is 1.96. The molecule has 0 aliphatic carbocycles. The summed E-state index contributed by atoms with van der Waals surface area (Å²) in [7, 11) is 3.09. The Morgan fingerprint density at radius 1 is 1.17 bits per heavy atom. The van der Waals surface area contributed by atoms with Gasteiger partial charge in [0.2, 0.25) is 0 Å². The summed E-state index contributed by atoms with van der Waals surface area (Å²) in [5, 5.41) is 3.99. The van der Waals surface area contributed by atoms with Crippen molar-refractivity contribution in [2.45, 2.75) is 12.5 Å². The third kappa shape index (κ3) is 3.91. The molecule has 1 atom stereocenters. The summed E-state index contributed by atoms with van der Waals surface area (Å²) < 4.78 is 10.7. The van der Waals surface area contributed by atoms with Crippen LogP contribution in [0.2, 0.25) is 5.02 Å². The Labute approximate surface area is 173 Å². The fourth-order valence-corrected chi connectivity index (χ4v) is 3.71. The zero-order chi connectivity index (χ0) is 20.4. The first-order valence-electron chi connectivity index (χ1n) is 9.28. The van der Waals surface area contributed by atoms with Gasteiger partial charge in [0.1, 0.15) is 22.9 Å². The van der Waals surface area contributed by atoms with Gasteiger partial charge in [0, 0.05) is 24.2 Å². The quantitative estimate of drug-likeness (QED) is 0.689. The van der Waals surface area contributed by atoms with Gasteiger partial charge in [-0.15, -0.1) is 0 Å². The Balaban J connectivity index is 1.49. The van der Waals surface area contributed by atoms with Crippen LogP contribution in [-0.2, 0) is 0 Å². The van der Waals surface area contributed by atoms with E-state index in [0.717, 1.165) is 17.5 Å². The Kier molecular flexibility index (Phi) is 5.40. The van der Waals surface area contributed by atoms with Gasteiger partial charge >= 0.3 is 0 Å². The maximum absolute atomic E-state index is 13.1. The molecule has 1 amide bonds. The number of halogens is 1. The summed E-state index contributed by atoms with van der Waals surface area (Å²) in [4.78, 5) is 23.9. The molecule has 1 N–H and O–H groups in total. The molecule has 29 heavy (non-hydrogen) atoms. The lowest BCUT2D eigenvalue weighted by atomic mass is 10.1. The van der Waals surface area contributed by atoms with E-state index in [1.54, 1.807) is 55.6 Å². The second kappa shape index (κ2) is 8.13. The summed E-state index contributed by atoms with van der Waals surface area (Å²) in [6.07, 6.45) is 2.50. The number of ether oxygens (including phenoxy) is 2. The normalized spacial score (nSPS) is 16.1. The molecule has 2 heterocycles. The Bertz CT molecular complexity index is 1040. The number of fused-ring (bicyclic) bond motifs is 1. The lowest BCUT2D eigenvalue weighted by Crippen LogP contribution is -2.32. The zero-order valence-electron chi connectivity index (χ0n) is 16.2. The molecule has 1 aromatic heterocycles. The maximum Gasteiger partial charge on any atom is 0.261 e. The zero-order valence-corrected chi connectivity index (χ0v) is 16.9. The lowest BCUT2D eigenvalue weighted by molar-refractivity contribution is 0.0784. The van der Waals surface area contributed by atoms with Gasteiger partial charge in [-0.05, 0) is 36.8 Å². The number of amides is 1. The smallest absolute Gasteiger partial charge is 0.261 e. The molecule has 7 nitrogen and oxygen atoms in total. The molecule has 0 unspecified atom stereocenters. The Hall–Kier alpha value is -3.06. The third-order valence-electron chi connectivity index (χ3n) is 4.97. The molecule has 4 rings (SSSR count). The van der Waals surface area contributed by atoms with Crippen LogP contribution >= 0.6 is 11.6 Å². The molecule has 8 heteroatoms. The van der Waals surface area contributed by atoms with Crippen molar-refractivity contribution in [1.82, 2.24) is 14.9 Å². The van der Waals surface area contributed by atoms with Gasteiger partial charge in [0.25, 0.3) is 5.91 Å². The van der Waals surface area contributed by atoms with E-state index in [9.17, 15) is 4.79 Å². The van der Waals surface area contributed by atoms with Gasteiger partial charge in [0.15, 0.2) is 0 Å². The van der Waals surface area contributed by atoms with Crippen molar-refractivity contribution in [3.05, 3.63) is 53.2 Å². The average Bonchev–Trinajstić information content (AvgIpc) is 3.20. The molecule has 0 radical (unpaired) electrons. The summed E-state index contributed by atoms with van der Waals surface area (Å²) in [6, 6.07) is 10.8. The van der Waals surface area contributed by atoms with E-state index in [2.05, 4.69) is 15.3 Å². The molecular weight excluding hydrogens is 392 g/mol. The fraction of sp³-hybridized carbons (Fsp3) is 0.286. The number of anilines is 1. The number of hydrogen-bond donors (Lipinski definition) is 1. The van der Waals surface area contributed by atoms with E-state index in [1.807, 2.05) is 6.07 Å². The molecule has 0 spiro atoms. The number of methoxy groups -OCH3 is 2. The van der Waals surface area contributed by atoms with Gasteiger partial charge in [-0.2, -0.15) is 0 Å². The highest BCUT2D eigenvalue weighted by Gasteiger charge is 2.30. The van der Waals surface area contributed by atoms with Gasteiger partial charge in [0.05, 0.1) is 31.4 Å². The summed E-state index contributed by atoms with van der Waals surface area (Å²) in [5.74, 6) is 1.56. The Morgan fingerprint density at radius 3 is 2.66 bits per heavy atom. The van der Waals surface area contributed by atoms with Crippen molar-refractivity contribution >= 4 is 34.4 Å². The van der Waals surface area contributed by atoms with Crippen LogP contribution in [0, 0.1) is 0 Å². The molecule has 1 aliphatic heterocycles. The monoisotopic (exact) mass is 412 g/mol. The van der Waals surface area contributed by atoms with Crippen molar-refractivity contribution in [1.29, 1.82) is 0 Å². The number of nitrogens with one attached hydrogen (secondary N) is 1. The first kappa shape index (κ1) is 19.3. The maximum atomic E-state index is 13.1. The van der Waals surface area contributed by atoms with Crippen LogP contribution in [0.5, 0.6) is 11.5 Å². The highest BCUT2D eigenvalue weighted by atomic mass is 35.5. The van der Waals surface area contributed by atoms with E-state index in [4.69, 9.17) is 21.1 Å². The van der Waals surface area contributed by atoms with Crippen molar-refractivity contribution < 1.29 is 14.3 Å². The largest absolute Gasteiger partial charge is 0.496 e. The van der Waals surface area contributed by atoms with Crippen molar-refractivity contribution in [2.24, 2.45) is 0 Å². The van der Waals surface area contributed by atoms with Crippen molar-refractivity contribution in [3.63, 3.8) is 0 Å². The third-order valence-corrected chi connectivity index (χ3v) is 5.21. The minimum atomic E-state index is -0.111. The van der Waals surface area contributed by atoms with Gasteiger partial charge in [-0.1, -0.05) is 17.7 Å². The highest BCUT2D eigenvalue weighted by Crippen LogP contribution is 2.31. The lowest BCUT2D eigenvalue weighted by Gasteiger charge is -2.20. The van der Waals surface area contributed by atoms with Crippen LogP contribution < -0.4 is 14.8 Å². The number of benzene rings is 2. The average molecular weight is 413 g/mol. The second-order valence-corrected chi connectivity index (χ2v) is 7.24. The minimum absolute atomic E-state index is 0.0746. The molecule has 1 saturated heterocycles. The van der Waals surface area contributed by atoms with E-state index < -0.39 is 0 Å². The van der Waals surface area contributed by atoms with Crippen LogP contribution in [-0.4, -0.2) is 54.1 Å². The van der Waals surface area contributed by atoms with E-state index in [1.165, 1.54) is 0 Å². The van der Waals surface area contributed by atoms with E-state index >= 15 is 0 Å². The predicted octanol–water partition coefficient (Wildman–Crippen LogP) is 3.63. The molecule has 0 saturated carbocycles. The number of aromatic nitrogens is 2. The SMILES string of the molecule is COc1cccc(OC)c1C(=O)N1CC[C@@H](Nc2cnc3ccc(Cl)cc3n2)C1. The number of carbonyl (C=O) groups excluding carboxylic acids is 1. The topological polar surface area (TPSA) is 76.6 Å². The predicted molar refractivity (Wildman–Crippen MR) is 112 cm³/mol. The van der Waals surface area contributed by atoms with Gasteiger partial charge in [-0.25, -0.2) is 4.98 Å². The highest BCUT2D eigenvalue weighted by molar-refractivity contribution is 6.31. The molecule has 150 valence electrons. The first-order chi connectivity index (χ1) is 14.1. The van der Waals surface area contributed by atoms with E-state index in [0.29, 0.717) is 41.0 Å².